The molecule has 25 heavy (non-hydrogen) atoms. The quantitative estimate of drug-likeness (QED) is 0.675. The predicted molar refractivity (Wildman–Crippen MR) is 100 cm³/mol. The van der Waals surface area contributed by atoms with E-state index in [2.05, 4.69) is 40.7 Å². The predicted octanol–water partition coefficient (Wildman–Crippen LogP) is 3.89. The van der Waals surface area contributed by atoms with Gasteiger partial charge in [0.2, 0.25) is 0 Å². The lowest BCUT2D eigenvalue weighted by atomic mass is 10.1. The molecule has 3 aromatic rings. The molecule has 0 radical (unpaired) electrons. The normalized spacial score (nSPS) is 11.6. The van der Waals surface area contributed by atoms with Gasteiger partial charge in [0.15, 0.2) is 9.84 Å². The lowest BCUT2D eigenvalue weighted by Gasteiger charge is -2.09. The highest BCUT2D eigenvalue weighted by molar-refractivity contribution is 7.90. The number of nitrogens with zero attached hydrogens (tertiary/aromatic N) is 2. The minimum absolute atomic E-state index is 0.328. The first kappa shape index (κ1) is 17.4. The van der Waals surface area contributed by atoms with Crippen molar-refractivity contribution >= 4 is 9.84 Å². The number of benzene rings is 2. The Bertz CT molecular complexity index is 940. The van der Waals surface area contributed by atoms with Crippen molar-refractivity contribution in [3.05, 3.63) is 72.1 Å². The molecule has 0 aliphatic rings. The van der Waals surface area contributed by atoms with Crippen molar-refractivity contribution in [2.24, 2.45) is 0 Å². The van der Waals surface area contributed by atoms with E-state index < -0.39 is 9.84 Å². The lowest BCUT2D eigenvalue weighted by Crippen LogP contribution is -2.02. The molecule has 0 saturated carbocycles. The van der Waals surface area contributed by atoms with Gasteiger partial charge in [-0.3, -0.25) is 0 Å². The smallest absolute Gasteiger partial charge is 0.175 e. The molecule has 2 aromatic carbocycles. The summed E-state index contributed by atoms with van der Waals surface area (Å²) >= 11 is 0. The van der Waals surface area contributed by atoms with E-state index in [4.69, 9.17) is 0 Å². The van der Waals surface area contributed by atoms with E-state index in [0.29, 0.717) is 4.90 Å². The molecule has 0 aliphatic heterocycles. The van der Waals surface area contributed by atoms with E-state index in [9.17, 15) is 8.42 Å². The van der Waals surface area contributed by atoms with Gasteiger partial charge in [-0.25, -0.2) is 13.4 Å². The zero-order chi connectivity index (χ0) is 17.9. The standard InChI is InChI=1S/C20H22N2O2S/c1-16-5-7-17(8-6-16)4-3-14-22-15-13-21-20(22)18-9-11-19(12-10-18)25(2,23)24/h5-13,15H,3-4,14H2,1-2H3. The Kier molecular flexibility index (Phi) is 5.04. The van der Waals surface area contributed by atoms with E-state index in [0.717, 1.165) is 30.8 Å². The molecule has 0 fully saturated rings. The van der Waals surface area contributed by atoms with Crippen LogP contribution in [0.3, 0.4) is 0 Å². The monoisotopic (exact) mass is 354 g/mol. The van der Waals surface area contributed by atoms with Crippen LogP contribution in [-0.2, 0) is 22.8 Å². The summed E-state index contributed by atoms with van der Waals surface area (Å²) in [7, 11) is -3.17. The third-order valence-electron chi connectivity index (χ3n) is 4.24. The first-order chi connectivity index (χ1) is 11.9. The highest BCUT2D eigenvalue weighted by Crippen LogP contribution is 2.20. The van der Waals surface area contributed by atoms with Crippen LogP contribution in [0.2, 0.25) is 0 Å². The highest BCUT2D eigenvalue weighted by Gasteiger charge is 2.10. The van der Waals surface area contributed by atoms with Gasteiger partial charge in [-0.15, -0.1) is 0 Å². The third-order valence-corrected chi connectivity index (χ3v) is 5.37. The molecule has 0 bridgehead atoms. The topological polar surface area (TPSA) is 52.0 Å². The van der Waals surface area contributed by atoms with Crippen molar-refractivity contribution in [2.45, 2.75) is 31.2 Å². The summed E-state index contributed by atoms with van der Waals surface area (Å²) in [5.74, 6) is 0.865. The minimum atomic E-state index is -3.17. The van der Waals surface area contributed by atoms with Crippen LogP contribution in [0.25, 0.3) is 11.4 Å². The van der Waals surface area contributed by atoms with Gasteiger partial charge in [-0.2, -0.15) is 0 Å². The molecule has 1 aromatic heterocycles. The average Bonchev–Trinajstić information content (AvgIpc) is 3.04. The maximum atomic E-state index is 11.6. The summed E-state index contributed by atoms with van der Waals surface area (Å²) in [6, 6.07) is 15.5. The fourth-order valence-electron chi connectivity index (χ4n) is 2.81. The lowest BCUT2D eigenvalue weighted by molar-refractivity contribution is 0.602. The zero-order valence-electron chi connectivity index (χ0n) is 14.5. The van der Waals surface area contributed by atoms with Gasteiger partial charge >= 0.3 is 0 Å². The number of hydrogen-bond donors (Lipinski definition) is 0. The number of imidazole rings is 1. The van der Waals surface area contributed by atoms with E-state index in [1.165, 1.54) is 17.4 Å². The number of sulfone groups is 1. The van der Waals surface area contributed by atoms with Gasteiger partial charge in [-0.1, -0.05) is 29.8 Å². The average molecular weight is 354 g/mol. The van der Waals surface area contributed by atoms with Crippen LogP contribution in [0.4, 0.5) is 0 Å². The Morgan fingerprint density at radius 2 is 1.68 bits per heavy atom. The fourth-order valence-corrected chi connectivity index (χ4v) is 3.44. The van der Waals surface area contributed by atoms with Crippen molar-refractivity contribution < 1.29 is 8.42 Å². The molecule has 130 valence electrons. The van der Waals surface area contributed by atoms with Crippen LogP contribution in [0.1, 0.15) is 17.5 Å². The van der Waals surface area contributed by atoms with E-state index in [1.807, 2.05) is 18.3 Å². The van der Waals surface area contributed by atoms with Gasteiger partial charge < -0.3 is 4.57 Å². The van der Waals surface area contributed by atoms with Crippen LogP contribution >= 0.6 is 0 Å². The molecule has 0 aliphatic carbocycles. The molecule has 0 unspecified atom stereocenters. The molecule has 5 heteroatoms. The molecule has 3 rings (SSSR count). The van der Waals surface area contributed by atoms with Crippen molar-refractivity contribution in [1.29, 1.82) is 0 Å². The Labute approximate surface area is 149 Å². The molecule has 0 atom stereocenters. The van der Waals surface area contributed by atoms with Crippen molar-refractivity contribution in [1.82, 2.24) is 9.55 Å². The summed E-state index contributed by atoms with van der Waals surface area (Å²) in [5, 5.41) is 0. The van der Waals surface area contributed by atoms with Crippen LogP contribution < -0.4 is 0 Å². The Morgan fingerprint density at radius 3 is 2.32 bits per heavy atom. The largest absolute Gasteiger partial charge is 0.331 e. The van der Waals surface area contributed by atoms with Crippen molar-refractivity contribution in [3.63, 3.8) is 0 Å². The molecule has 4 nitrogen and oxygen atoms in total. The Balaban J connectivity index is 1.69. The van der Waals surface area contributed by atoms with Gasteiger partial charge in [0.1, 0.15) is 5.82 Å². The van der Waals surface area contributed by atoms with Crippen molar-refractivity contribution in [3.8, 4) is 11.4 Å². The number of rotatable bonds is 6. The molecule has 0 N–H and O–H groups in total. The highest BCUT2D eigenvalue weighted by atomic mass is 32.2. The molecule has 0 saturated heterocycles. The number of aromatic nitrogens is 2. The molecule has 0 amide bonds. The van der Waals surface area contributed by atoms with E-state index >= 15 is 0 Å². The summed E-state index contributed by atoms with van der Waals surface area (Å²) in [6.45, 7) is 2.97. The second-order valence-electron chi connectivity index (χ2n) is 6.33. The van der Waals surface area contributed by atoms with Gasteiger partial charge in [0.05, 0.1) is 4.90 Å². The SMILES string of the molecule is Cc1ccc(CCCn2ccnc2-c2ccc(S(C)(=O)=O)cc2)cc1. The molecule has 0 spiro atoms. The van der Waals surface area contributed by atoms with E-state index in [-0.39, 0.29) is 0 Å². The van der Waals surface area contributed by atoms with Gasteiger partial charge in [0.25, 0.3) is 0 Å². The summed E-state index contributed by atoms with van der Waals surface area (Å²) < 4.78 is 25.3. The maximum absolute atomic E-state index is 11.6. The van der Waals surface area contributed by atoms with Crippen LogP contribution in [0.15, 0.2) is 65.8 Å². The maximum Gasteiger partial charge on any atom is 0.175 e. The second-order valence-corrected chi connectivity index (χ2v) is 8.35. The molecule has 1 heterocycles. The first-order valence-electron chi connectivity index (χ1n) is 8.31. The Hall–Kier alpha value is -2.40. The second kappa shape index (κ2) is 7.23. The number of aryl methyl sites for hydroxylation is 3. The minimum Gasteiger partial charge on any atom is -0.331 e. The number of hydrogen-bond acceptors (Lipinski definition) is 3. The summed E-state index contributed by atoms with van der Waals surface area (Å²) in [5.41, 5.74) is 3.54. The third kappa shape index (κ3) is 4.37. The summed E-state index contributed by atoms with van der Waals surface area (Å²) in [4.78, 5) is 4.76. The van der Waals surface area contributed by atoms with E-state index in [1.54, 1.807) is 18.3 Å². The van der Waals surface area contributed by atoms with Gasteiger partial charge in [-0.05, 0) is 49.6 Å². The van der Waals surface area contributed by atoms with Crippen LogP contribution in [0, 0.1) is 6.92 Å². The van der Waals surface area contributed by atoms with Crippen molar-refractivity contribution in [2.75, 3.05) is 6.26 Å². The molecular formula is C20H22N2O2S. The summed E-state index contributed by atoms with van der Waals surface area (Å²) in [6.07, 6.45) is 7.01. The molecular weight excluding hydrogens is 332 g/mol. The zero-order valence-corrected chi connectivity index (χ0v) is 15.3. The van der Waals surface area contributed by atoms with Crippen LogP contribution in [-0.4, -0.2) is 24.2 Å². The van der Waals surface area contributed by atoms with Gasteiger partial charge in [0, 0.05) is 30.8 Å². The van der Waals surface area contributed by atoms with Crippen LogP contribution in [0.5, 0.6) is 0 Å². The Morgan fingerprint density at radius 1 is 1.00 bits per heavy atom. The fraction of sp³-hybridized carbons (Fsp3) is 0.250. The first-order valence-corrected chi connectivity index (χ1v) is 10.2.